The molecule has 0 spiro atoms. The van der Waals surface area contributed by atoms with Crippen molar-refractivity contribution in [1.82, 2.24) is 0 Å². The zero-order chi connectivity index (χ0) is 2.00. The van der Waals surface area contributed by atoms with E-state index in [9.17, 15) is 0 Å². The first kappa shape index (κ1) is 341. The zero-order valence-corrected chi connectivity index (χ0v) is 5.53. The standard InChI is InChI=1S/Al.6H2O.O.H/h;6*1H2;;. The van der Waals surface area contributed by atoms with Crippen LogP contribution in [0.25, 0.3) is 0 Å². The molecule has 0 aliphatic heterocycles. The molecule has 0 heterocycles. The van der Waals surface area contributed by atoms with Crippen LogP contribution in [0.5, 0.6) is 0 Å². The molecule has 0 saturated carbocycles. The molecule has 0 bridgehead atoms. The van der Waals surface area contributed by atoms with Gasteiger partial charge >= 0.3 is 20.0 Å². The van der Waals surface area contributed by atoms with Crippen LogP contribution in [-0.2, 0) is 3.80 Å². The Morgan fingerprint density at radius 1 is 0.500 bits per heavy atom. The van der Waals surface area contributed by atoms with Crippen LogP contribution in [-0.4, -0.2) is 49.1 Å². The predicted molar refractivity (Wildman–Crippen MR) is 29.5 cm³/mol. The minimum atomic E-state index is 0. The first-order valence-corrected chi connectivity index (χ1v) is 0.866. The summed E-state index contributed by atoms with van der Waals surface area (Å²) in [5.74, 6) is 0. The molecule has 0 unspecified atom stereocenters. The van der Waals surface area contributed by atoms with E-state index in [1.165, 1.54) is 0 Å². The third-order valence-electron chi connectivity index (χ3n) is 0. The molecule has 0 aromatic heterocycles. The Hall–Kier alpha value is 0.0925. The van der Waals surface area contributed by atoms with Gasteiger partial charge in [0.2, 0.25) is 0 Å². The molecule has 0 aliphatic carbocycles. The molecule has 0 aromatic rings. The van der Waals surface area contributed by atoms with Crippen molar-refractivity contribution < 1.29 is 36.7 Å². The van der Waals surface area contributed by atoms with E-state index < -0.39 is 0 Å². The number of hydrogen-bond donors (Lipinski definition) is 0. The van der Waals surface area contributed by atoms with E-state index in [1.807, 2.05) is 0 Å². The van der Waals surface area contributed by atoms with Gasteiger partial charge in [-0.25, -0.2) is 0 Å². The van der Waals surface area contributed by atoms with Gasteiger partial charge in [0.25, 0.3) is 0 Å². The van der Waals surface area contributed by atoms with Crippen LogP contribution in [0.1, 0.15) is 0 Å². The second-order valence-corrected chi connectivity index (χ2v) is 0. The van der Waals surface area contributed by atoms with E-state index in [4.69, 9.17) is 3.80 Å². The molecular formula is H13AlO7. The fourth-order valence-corrected chi connectivity index (χ4v) is 0. The van der Waals surface area contributed by atoms with Crippen molar-refractivity contribution in [2.45, 2.75) is 0 Å². The molecule has 12 N–H and O–H groups in total. The molecule has 0 rings (SSSR count). The molecule has 0 radical (unpaired) electrons. The molecule has 7 nitrogen and oxygen atoms in total. The predicted octanol–water partition coefficient (Wildman–Crippen LogP) is -5.72. The van der Waals surface area contributed by atoms with Crippen LogP contribution in [0.4, 0.5) is 0 Å². The average Bonchev–Trinajstić information content (AvgIpc) is 1.00. The summed E-state index contributed by atoms with van der Waals surface area (Å²) >= 11 is 0.611. The summed E-state index contributed by atoms with van der Waals surface area (Å²) in [6, 6.07) is 0. The van der Waals surface area contributed by atoms with Gasteiger partial charge in [0.1, 0.15) is 0 Å². The Bertz CT molecular complexity index is 4.35. The van der Waals surface area contributed by atoms with E-state index in [-0.39, 0.29) is 32.9 Å². The average molecular weight is 152 g/mol. The van der Waals surface area contributed by atoms with Crippen molar-refractivity contribution in [3.63, 3.8) is 0 Å². The summed E-state index contributed by atoms with van der Waals surface area (Å²) < 4.78 is 8.28. The van der Waals surface area contributed by atoms with Gasteiger partial charge in [-0.3, -0.25) is 0 Å². The van der Waals surface area contributed by atoms with Crippen molar-refractivity contribution in [3.8, 4) is 0 Å². The van der Waals surface area contributed by atoms with Crippen molar-refractivity contribution in [3.05, 3.63) is 0 Å². The van der Waals surface area contributed by atoms with E-state index in [2.05, 4.69) is 0 Å². The van der Waals surface area contributed by atoms with Crippen LogP contribution in [0.15, 0.2) is 0 Å². The minimum absolute atomic E-state index is 0. The van der Waals surface area contributed by atoms with E-state index in [0.29, 0.717) is 16.2 Å². The normalized spacial score (nSPS) is 0.375. The third-order valence-corrected chi connectivity index (χ3v) is 0. The maximum atomic E-state index is 8.28. The fourth-order valence-electron chi connectivity index (χ4n) is 0. The topological polar surface area (TPSA) is 206 Å². The van der Waals surface area contributed by atoms with Gasteiger partial charge in [0.15, 0.2) is 0 Å². The summed E-state index contributed by atoms with van der Waals surface area (Å²) in [4.78, 5) is 0. The van der Waals surface area contributed by atoms with Crippen molar-refractivity contribution in [1.29, 1.82) is 0 Å². The Balaban J connectivity index is -0.000000000333. The van der Waals surface area contributed by atoms with Crippen LogP contribution in [0.3, 0.4) is 0 Å². The summed E-state index contributed by atoms with van der Waals surface area (Å²) in [6.07, 6.45) is 0. The number of rotatable bonds is 0. The second-order valence-electron chi connectivity index (χ2n) is 0. The first-order chi connectivity index (χ1) is 1.00. The first-order valence-electron chi connectivity index (χ1n) is 0.289. The Labute approximate surface area is 53.8 Å². The van der Waals surface area contributed by atoms with E-state index in [0.717, 1.165) is 0 Å². The molecule has 0 amide bonds. The van der Waals surface area contributed by atoms with Crippen LogP contribution in [0.2, 0.25) is 0 Å². The van der Waals surface area contributed by atoms with Crippen LogP contribution < -0.4 is 0 Å². The van der Waals surface area contributed by atoms with Gasteiger partial charge in [0.05, 0.1) is 0 Å². The van der Waals surface area contributed by atoms with Crippen LogP contribution in [0, 0.1) is 0 Å². The monoisotopic (exact) mass is 152 g/mol. The third kappa shape index (κ3) is 18500. The molecular weight excluding hydrogens is 139 g/mol. The summed E-state index contributed by atoms with van der Waals surface area (Å²) in [7, 11) is 0. The van der Waals surface area contributed by atoms with Gasteiger partial charge < -0.3 is 32.9 Å². The molecule has 58 valence electrons. The van der Waals surface area contributed by atoms with Crippen molar-refractivity contribution in [2.24, 2.45) is 0 Å². The van der Waals surface area contributed by atoms with Gasteiger partial charge in [-0.2, -0.15) is 0 Å². The number of hydrogen-bond acceptors (Lipinski definition) is 1. The van der Waals surface area contributed by atoms with Crippen molar-refractivity contribution in [2.75, 3.05) is 0 Å². The van der Waals surface area contributed by atoms with Gasteiger partial charge in [-0.05, 0) is 0 Å². The van der Waals surface area contributed by atoms with Crippen molar-refractivity contribution >= 4 is 16.2 Å². The maximum absolute atomic E-state index is 8.28. The van der Waals surface area contributed by atoms with Gasteiger partial charge in [0, 0.05) is 0 Å². The van der Waals surface area contributed by atoms with E-state index in [1.54, 1.807) is 0 Å². The van der Waals surface area contributed by atoms with Gasteiger partial charge in [-0.15, -0.1) is 0 Å². The second kappa shape index (κ2) is 30800. The SMILES string of the molecule is O.O.O.O.O.O.[O]=[AlH]. The molecule has 0 saturated heterocycles. The summed E-state index contributed by atoms with van der Waals surface area (Å²) in [5.41, 5.74) is 0. The Morgan fingerprint density at radius 2 is 0.500 bits per heavy atom. The zero-order valence-electron chi connectivity index (χ0n) is 4.12. The molecule has 0 atom stereocenters. The Morgan fingerprint density at radius 3 is 0.500 bits per heavy atom. The molecule has 0 fully saturated rings. The van der Waals surface area contributed by atoms with Gasteiger partial charge in [-0.1, -0.05) is 0 Å². The summed E-state index contributed by atoms with van der Waals surface area (Å²) in [6.45, 7) is 0. The fraction of sp³-hybridized carbons (Fsp3) is 0. The molecule has 0 aliphatic rings. The quantitative estimate of drug-likeness (QED) is 0.305. The molecule has 0 aromatic carbocycles. The van der Waals surface area contributed by atoms with E-state index >= 15 is 0 Å². The van der Waals surface area contributed by atoms with Crippen LogP contribution >= 0.6 is 0 Å². The summed E-state index contributed by atoms with van der Waals surface area (Å²) in [5, 5.41) is 0. The molecule has 8 heavy (non-hydrogen) atoms. The molecule has 8 heteroatoms. The Kier molecular flexibility index (Phi) is 1310000.